The number of nitrogens with zero attached hydrogens (tertiary/aromatic N) is 1. The molecule has 118 valence electrons. The first-order valence-corrected chi connectivity index (χ1v) is 7.41. The predicted molar refractivity (Wildman–Crippen MR) is 91.5 cm³/mol. The second-order valence-corrected chi connectivity index (χ2v) is 5.29. The van der Waals surface area contributed by atoms with Crippen LogP contribution in [-0.4, -0.2) is 7.11 Å². The number of allylic oxidation sites excluding steroid dienone is 1. The van der Waals surface area contributed by atoms with Crippen LogP contribution >= 0.6 is 0 Å². The lowest BCUT2D eigenvalue weighted by Crippen LogP contribution is -2.01. The SMILES string of the molecule is COc1ccc(O/C(C#N)=C\Nc2ccccc2)c(C(C)C)c1. The minimum Gasteiger partial charge on any atom is -0.497 e. The maximum Gasteiger partial charge on any atom is 0.219 e. The second-order valence-electron chi connectivity index (χ2n) is 5.29. The Labute approximate surface area is 137 Å². The van der Waals surface area contributed by atoms with Crippen LogP contribution in [0.2, 0.25) is 0 Å². The summed E-state index contributed by atoms with van der Waals surface area (Å²) in [6, 6.07) is 17.2. The lowest BCUT2D eigenvalue weighted by atomic mass is 10.0. The molecule has 0 saturated heterocycles. The third-order valence-corrected chi connectivity index (χ3v) is 3.31. The number of benzene rings is 2. The first kappa shape index (κ1) is 16.4. The van der Waals surface area contributed by atoms with Crippen LogP contribution in [0.4, 0.5) is 5.69 Å². The van der Waals surface area contributed by atoms with Crippen molar-refractivity contribution >= 4 is 5.69 Å². The van der Waals surface area contributed by atoms with Gasteiger partial charge in [-0.25, -0.2) is 0 Å². The van der Waals surface area contributed by atoms with E-state index in [2.05, 4.69) is 25.2 Å². The topological polar surface area (TPSA) is 54.3 Å². The second kappa shape index (κ2) is 7.90. The molecule has 0 aliphatic heterocycles. The maximum atomic E-state index is 9.29. The average Bonchev–Trinajstić information content (AvgIpc) is 2.59. The standard InChI is InChI=1S/C19H20N2O2/c1-14(2)18-11-16(22-3)9-10-19(18)23-17(12-20)13-21-15-7-5-4-6-8-15/h4-11,13-14,21H,1-3H3/b17-13-. The van der Waals surface area contributed by atoms with E-state index in [0.29, 0.717) is 5.75 Å². The highest BCUT2D eigenvalue weighted by atomic mass is 16.5. The van der Waals surface area contributed by atoms with E-state index in [1.54, 1.807) is 13.3 Å². The number of hydrogen-bond acceptors (Lipinski definition) is 4. The Morgan fingerprint density at radius 3 is 2.52 bits per heavy atom. The fourth-order valence-corrected chi connectivity index (χ4v) is 2.08. The molecule has 0 aliphatic rings. The van der Waals surface area contributed by atoms with Crippen molar-refractivity contribution in [3.63, 3.8) is 0 Å². The van der Waals surface area contributed by atoms with Gasteiger partial charge >= 0.3 is 0 Å². The third kappa shape index (κ3) is 4.52. The van der Waals surface area contributed by atoms with Crippen molar-refractivity contribution < 1.29 is 9.47 Å². The first-order chi connectivity index (χ1) is 11.1. The van der Waals surface area contributed by atoms with Crippen LogP contribution in [0.25, 0.3) is 0 Å². The van der Waals surface area contributed by atoms with E-state index in [4.69, 9.17) is 9.47 Å². The van der Waals surface area contributed by atoms with E-state index in [-0.39, 0.29) is 11.7 Å². The molecule has 0 saturated carbocycles. The average molecular weight is 308 g/mol. The fraction of sp³-hybridized carbons (Fsp3) is 0.211. The Bertz CT molecular complexity index is 716. The molecule has 0 amide bonds. The van der Waals surface area contributed by atoms with Gasteiger partial charge in [-0.15, -0.1) is 0 Å². The molecule has 0 atom stereocenters. The molecule has 0 bridgehead atoms. The molecule has 0 spiro atoms. The van der Waals surface area contributed by atoms with Gasteiger partial charge in [0.2, 0.25) is 5.76 Å². The van der Waals surface area contributed by atoms with E-state index in [9.17, 15) is 5.26 Å². The molecule has 4 nitrogen and oxygen atoms in total. The van der Waals surface area contributed by atoms with Crippen molar-refractivity contribution in [3.8, 4) is 17.6 Å². The lowest BCUT2D eigenvalue weighted by molar-refractivity contribution is 0.408. The number of hydrogen-bond donors (Lipinski definition) is 1. The zero-order valence-corrected chi connectivity index (χ0v) is 13.5. The summed E-state index contributed by atoms with van der Waals surface area (Å²) in [6.45, 7) is 4.14. The van der Waals surface area contributed by atoms with Crippen molar-refractivity contribution in [1.82, 2.24) is 0 Å². The number of ether oxygens (including phenoxy) is 2. The molecule has 2 rings (SSSR count). The third-order valence-electron chi connectivity index (χ3n) is 3.31. The van der Waals surface area contributed by atoms with Crippen LogP contribution in [0.15, 0.2) is 60.5 Å². The molecule has 0 fully saturated rings. The highest BCUT2D eigenvalue weighted by Gasteiger charge is 2.11. The summed E-state index contributed by atoms with van der Waals surface area (Å²) in [4.78, 5) is 0. The number of para-hydroxylation sites is 1. The largest absolute Gasteiger partial charge is 0.497 e. The van der Waals surface area contributed by atoms with E-state index < -0.39 is 0 Å². The molecule has 0 unspecified atom stereocenters. The monoisotopic (exact) mass is 308 g/mol. The molecule has 4 heteroatoms. The van der Waals surface area contributed by atoms with Crippen LogP contribution in [0, 0.1) is 11.3 Å². The summed E-state index contributed by atoms with van der Waals surface area (Å²) in [5.41, 5.74) is 1.88. The molecule has 23 heavy (non-hydrogen) atoms. The van der Waals surface area contributed by atoms with E-state index in [0.717, 1.165) is 17.0 Å². The summed E-state index contributed by atoms with van der Waals surface area (Å²) in [6.07, 6.45) is 1.56. The van der Waals surface area contributed by atoms with Gasteiger partial charge in [-0.1, -0.05) is 32.0 Å². The smallest absolute Gasteiger partial charge is 0.219 e. The minimum absolute atomic E-state index is 0.195. The first-order valence-electron chi connectivity index (χ1n) is 7.41. The zero-order chi connectivity index (χ0) is 16.7. The van der Waals surface area contributed by atoms with E-state index in [1.165, 1.54) is 0 Å². The number of methoxy groups -OCH3 is 1. The highest BCUT2D eigenvalue weighted by Crippen LogP contribution is 2.31. The number of anilines is 1. The van der Waals surface area contributed by atoms with Crippen molar-refractivity contribution in [1.29, 1.82) is 5.26 Å². The normalized spacial score (nSPS) is 11.0. The van der Waals surface area contributed by atoms with Crippen LogP contribution < -0.4 is 14.8 Å². The Hall–Kier alpha value is -2.93. The van der Waals surface area contributed by atoms with E-state index >= 15 is 0 Å². The summed E-state index contributed by atoms with van der Waals surface area (Å²) in [5, 5.41) is 12.3. The van der Waals surface area contributed by atoms with Crippen LogP contribution in [0.1, 0.15) is 25.3 Å². The van der Waals surface area contributed by atoms with Crippen LogP contribution in [0.3, 0.4) is 0 Å². The number of nitrogens with one attached hydrogen (secondary N) is 1. The quantitative estimate of drug-likeness (QED) is 0.622. The van der Waals surface area contributed by atoms with Gasteiger partial charge in [0.1, 0.15) is 17.6 Å². The Morgan fingerprint density at radius 1 is 1.17 bits per heavy atom. The zero-order valence-electron chi connectivity index (χ0n) is 13.5. The van der Waals surface area contributed by atoms with Crippen molar-refractivity contribution in [2.75, 3.05) is 12.4 Å². The maximum absolute atomic E-state index is 9.29. The summed E-state index contributed by atoms with van der Waals surface area (Å²) in [5.74, 6) is 1.87. The Balaban J connectivity index is 2.20. The van der Waals surface area contributed by atoms with Crippen molar-refractivity contribution in [2.45, 2.75) is 19.8 Å². The molecule has 0 heterocycles. The molecule has 2 aromatic rings. The van der Waals surface area contributed by atoms with E-state index in [1.807, 2.05) is 48.5 Å². The number of nitriles is 1. The lowest BCUT2D eigenvalue weighted by Gasteiger charge is -2.14. The van der Waals surface area contributed by atoms with Gasteiger partial charge in [0, 0.05) is 11.3 Å². The molecule has 1 N–H and O–H groups in total. The molecule has 0 radical (unpaired) electrons. The molecular formula is C19H20N2O2. The van der Waals surface area contributed by atoms with Crippen molar-refractivity contribution in [3.05, 3.63) is 66.1 Å². The van der Waals surface area contributed by atoms with Gasteiger partial charge in [-0.2, -0.15) is 5.26 Å². The van der Waals surface area contributed by atoms with Gasteiger partial charge in [0.05, 0.1) is 13.3 Å². The Kier molecular flexibility index (Phi) is 5.65. The minimum atomic E-state index is 0.195. The van der Waals surface area contributed by atoms with Crippen LogP contribution in [-0.2, 0) is 0 Å². The molecule has 2 aromatic carbocycles. The highest BCUT2D eigenvalue weighted by molar-refractivity contribution is 5.47. The predicted octanol–water partition coefficient (Wildman–Crippen LogP) is 4.67. The summed E-state index contributed by atoms with van der Waals surface area (Å²) < 4.78 is 11.0. The summed E-state index contributed by atoms with van der Waals surface area (Å²) in [7, 11) is 1.63. The van der Waals surface area contributed by atoms with Gasteiger partial charge < -0.3 is 14.8 Å². The molecule has 0 aromatic heterocycles. The molecular weight excluding hydrogens is 288 g/mol. The summed E-state index contributed by atoms with van der Waals surface area (Å²) >= 11 is 0. The number of rotatable bonds is 6. The van der Waals surface area contributed by atoms with Crippen molar-refractivity contribution in [2.24, 2.45) is 0 Å². The molecule has 0 aliphatic carbocycles. The Morgan fingerprint density at radius 2 is 1.91 bits per heavy atom. The van der Waals surface area contributed by atoms with Gasteiger partial charge in [0.25, 0.3) is 0 Å². The van der Waals surface area contributed by atoms with Crippen LogP contribution in [0.5, 0.6) is 11.5 Å². The fourth-order valence-electron chi connectivity index (χ4n) is 2.08. The van der Waals surface area contributed by atoms with Gasteiger partial charge in [-0.3, -0.25) is 0 Å². The van der Waals surface area contributed by atoms with Gasteiger partial charge in [0.15, 0.2) is 0 Å². The van der Waals surface area contributed by atoms with Gasteiger partial charge in [-0.05, 0) is 36.2 Å².